The summed E-state index contributed by atoms with van der Waals surface area (Å²) < 4.78 is 59.3. The maximum atomic E-state index is 14.2. The van der Waals surface area contributed by atoms with Crippen LogP contribution in [0.15, 0.2) is 30.6 Å². The molecular weight excluding hydrogens is 454 g/mol. The van der Waals surface area contributed by atoms with Crippen molar-refractivity contribution in [2.75, 3.05) is 5.32 Å². The number of anilines is 1. The van der Waals surface area contributed by atoms with Gasteiger partial charge in [-0.2, -0.15) is 13.9 Å². The van der Waals surface area contributed by atoms with Crippen LogP contribution < -0.4 is 15.4 Å². The highest BCUT2D eigenvalue weighted by molar-refractivity contribution is 7.17. The Bertz CT molecular complexity index is 1140. The molecule has 0 radical (unpaired) electrons. The quantitative estimate of drug-likeness (QED) is 0.520. The molecule has 2 amide bonds. The highest BCUT2D eigenvalue weighted by atomic mass is 32.1. The molecular formula is C19H17F4N5O3S. The van der Waals surface area contributed by atoms with Crippen LogP contribution >= 0.6 is 11.3 Å². The van der Waals surface area contributed by atoms with Gasteiger partial charge in [-0.15, -0.1) is 0 Å². The van der Waals surface area contributed by atoms with E-state index in [9.17, 15) is 27.2 Å². The number of hydrogen-bond donors (Lipinski definition) is 2. The number of hydrogen-bond acceptors (Lipinski definition) is 6. The van der Waals surface area contributed by atoms with Crippen LogP contribution in [0.1, 0.15) is 37.8 Å². The predicted molar refractivity (Wildman–Crippen MR) is 108 cm³/mol. The average molecular weight is 471 g/mol. The molecule has 2 N–H and O–H groups in total. The number of benzene rings is 1. The summed E-state index contributed by atoms with van der Waals surface area (Å²) in [6, 6.07) is 3.17. The van der Waals surface area contributed by atoms with Gasteiger partial charge in [0.15, 0.2) is 5.69 Å². The number of rotatable bonds is 5. The summed E-state index contributed by atoms with van der Waals surface area (Å²) in [6.07, 6.45) is 0.918. The van der Waals surface area contributed by atoms with Crippen molar-refractivity contribution in [3.05, 3.63) is 47.9 Å². The molecule has 0 bridgehead atoms. The van der Waals surface area contributed by atoms with Crippen LogP contribution in [-0.2, 0) is 0 Å². The predicted octanol–water partition coefficient (Wildman–Crippen LogP) is 4.82. The number of thiazole rings is 1. The highest BCUT2D eigenvalue weighted by Crippen LogP contribution is 2.37. The first-order valence-corrected chi connectivity index (χ1v) is 9.85. The lowest BCUT2D eigenvalue weighted by molar-refractivity contribution is 0.0566. The number of halogens is 4. The van der Waals surface area contributed by atoms with E-state index in [0.29, 0.717) is 16.0 Å². The smallest absolute Gasteiger partial charge is 0.397 e. The monoisotopic (exact) mass is 471 g/mol. The van der Waals surface area contributed by atoms with Crippen LogP contribution in [0.3, 0.4) is 0 Å². The van der Waals surface area contributed by atoms with Gasteiger partial charge in [-0.3, -0.25) is 4.79 Å². The van der Waals surface area contributed by atoms with Gasteiger partial charge in [0.1, 0.15) is 16.6 Å². The van der Waals surface area contributed by atoms with Gasteiger partial charge in [-0.05, 0) is 32.9 Å². The zero-order chi connectivity index (χ0) is 23.6. The van der Waals surface area contributed by atoms with Gasteiger partial charge in [0.05, 0.1) is 23.6 Å². The Morgan fingerprint density at radius 3 is 2.41 bits per heavy atom. The Labute approximate surface area is 183 Å². The lowest BCUT2D eigenvalue weighted by Gasteiger charge is -2.19. The van der Waals surface area contributed by atoms with Gasteiger partial charge >= 0.3 is 12.6 Å². The van der Waals surface area contributed by atoms with Crippen LogP contribution in [-0.4, -0.2) is 32.3 Å². The van der Waals surface area contributed by atoms with E-state index in [0.717, 1.165) is 30.6 Å². The summed E-state index contributed by atoms with van der Waals surface area (Å²) >= 11 is 0.568. The number of nitrogens with zero attached hydrogens (tertiary/aromatic N) is 3. The van der Waals surface area contributed by atoms with Crippen LogP contribution in [0.2, 0.25) is 0 Å². The Balaban J connectivity index is 1.97. The molecule has 1 aromatic carbocycles. The molecule has 32 heavy (non-hydrogen) atoms. The minimum absolute atomic E-state index is 0.0907. The zero-order valence-corrected chi connectivity index (χ0v) is 17.8. The zero-order valence-electron chi connectivity index (χ0n) is 17.0. The lowest BCUT2D eigenvalue weighted by atomic mass is 10.1. The molecule has 8 nitrogen and oxygen atoms in total. The van der Waals surface area contributed by atoms with E-state index < -0.39 is 47.0 Å². The fraction of sp³-hybridized carbons (Fsp3) is 0.263. The van der Waals surface area contributed by atoms with Crippen molar-refractivity contribution in [1.29, 1.82) is 0 Å². The number of ether oxygens (including phenoxy) is 1. The van der Waals surface area contributed by atoms with Gasteiger partial charge in [0.2, 0.25) is 5.06 Å². The molecule has 0 aliphatic carbocycles. The first kappa shape index (κ1) is 23.2. The Hall–Kier alpha value is -3.48. The summed E-state index contributed by atoms with van der Waals surface area (Å²) in [5.74, 6) is -2.83. The van der Waals surface area contributed by atoms with Crippen molar-refractivity contribution in [2.24, 2.45) is 0 Å². The first-order valence-electron chi connectivity index (χ1n) is 9.03. The molecule has 0 spiro atoms. The van der Waals surface area contributed by atoms with Gasteiger partial charge in [-0.1, -0.05) is 17.4 Å². The average Bonchev–Trinajstić information content (AvgIpc) is 3.27. The molecule has 0 atom stereocenters. The number of carbonyl (C=O) groups is 2. The number of carbonyl (C=O) groups excluding carboxylic acids is 2. The van der Waals surface area contributed by atoms with Crippen LogP contribution in [0, 0.1) is 11.6 Å². The largest absolute Gasteiger partial charge is 0.413 e. The van der Waals surface area contributed by atoms with Crippen molar-refractivity contribution in [3.63, 3.8) is 0 Å². The molecule has 0 unspecified atom stereocenters. The van der Waals surface area contributed by atoms with E-state index in [1.165, 1.54) is 0 Å². The summed E-state index contributed by atoms with van der Waals surface area (Å²) in [6.45, 7) is 2.15. The third-order valence-electron chi connectivity index (χ3n) is 3.71. The minimum Gasteiger partial charge on any atom is -0.397 e. The molecule has 3 aromatic rings. The van der Waals surface area contributed by atoms with Gasteiger partial charge in [0, 0.05) is 5.54 Å². The third kappa shape index (κ3) is 5.41. The SMILES string of the molecule is CC(C)(C)NC(=O)Oc1sc(-c2c(F)cccc2F)nc1C(=O)Nc1cnn(C(F)F)c1. The number of alkyl halides is 2. The Morgan fingerprint density at radius 2 is 1.84 bits per heavy atom. The van der Waals surface area contributed by atoms with Gasteiger partial charge in [-0.25, -0.2) is 23.2 Å². The Kier molecular flexibility index (Phi) is 6.48. The molecule has 0 aliphatic rings. The number of nitrogens with one attached hydrogen (secondary N) is 2. The molecule has 0 aliphatic heterocycles. The second-order valence-corrected chi connectivity index (χ2v) is 8.42. The summed E-state index contributed by atoms with van der Waals surface area (Å²) in [5.41, 5.74) is -1.74. The van der Waals surface area contributed by atoms with E-state index in [-0.39, 0.29) is 15.8 Å². The molecule has 2 heterocycles. The van der Waals surface area contributed by atoms with Gasteiger partial charge < -0.3 is 15.4 Å². The molecule has 0 saturated heterocycles. The standard InChI is InChI=1S/C19H17F4N5O3S/c1-19(2,3)27-18(30)31-16-13(14(29)25-9-7-24-28(8-9)17(22)23)26-15(32-16)12-10(20)5-4-6-11(12)21/h4-8,17H,1-3H3,(H,25,29)(H,27,30). The van der Waals surface area contributed by atoms with Crippen molar-refractivity contribution in [2.45, 2.75) is 32.9 Å². The first-order chi connectivity index (χ1) is 14.9. The fourth-order valence-electron chi connectivity index (χ4n) is 2.44. The normalized spacial score (nSPS) is 11.5. The molecule has 2 aromatic heterocycles. The van der Waals surface area contributed by atoms with Crippen LogP contribution in [0.5, 0.6) is 5.06 Å². The maximum Gasteiger partial charge on any atom is 0.413 e. The number of aromatic nitrogens is 3. The second kappa shape index (κ2) is 8.94. The summed E-state index contributed by atoms with van der Waals surface area (Å²) in [4.78, 5) is 28.8. The summed E-state index contributed by atoms with van der Waals surface area (Å²) in [7, 11) is 0. The molecule has 13 heteroatoms. The molecule has 170 valence electrons. The van der Waals surface area contributed by atoms with Gasteiger partial charge in [0.25, 0.3) is 5.91 Å². The van der Waals surface area contributed by atoms with E-state index in [4.69, 9.17) is 4.74 Å². The van der Waals surface area contributed by atoms with Crippen molar-refractivity contribution in [1.82, 2.24) is 20.1 Å². The van der Waals surface area contributed by atoms with E-state index in [2.05, 4.69) is 20.7 Å². The van der Waals surface area contributed by atoms with Crippen molar-refractivity contribution < 1.29 is 31.9 Å². The number of amides is 2. The van der Waals surface area contributed by atoms with E-state index >= 15 is 0 Å². The third-order valence-corrected chi connectivity index (χ3v) is 4.66. The van der Waals surface area contributed by atoms with Crippen LogP contribution in [0.25, 0.3) is 10.6 Å². The molecule has 0 saturated carbocycles. The summed E-state index contributed by atoms with van der Waals surface area (Å²) in [5, 5.41) is 7.58. The molecule has 0 fully saturated rings. The van der Waals surface area contributed by atoms with Crippen molar-refractivity contribution in [3.8, 4) is 15.6 Å². The van der Waals surface area contributed by atoms with E-state index in [1.807, 2.05) is 0 Å². The van der Waals surface area contributed by atoms with E-state index in [1.54, 1.807) is 20.8 Å². The lowest BCUT2D eigenvalue weighted by Crippen LogP contribution is -2.42. The van der Waals surface area contributed by atoms with Crippen LogP contribution in [0.4, 0.5) is 28.0 Å². The highest BCUT2D eigenvalue weighted by Gasteiger charge is 2.27. The second-order valence-electron chi connectivity index (χ2n) is 7.46. The topological polar surface area (TPSA) is 98.1 Å². The Morgan fingerprint density at radius 1 is 1.19 bits per heavy atom. The minimum atomic E-state index is -2.92. The molecule has 3 rings (SSSR count). The van der Waals surface area contributed by atoms with Crippen molar-refractivity contribution >= 4 is 29.0 Å². The maximum absolute atomic E-state index is 14.2. The fourth-order valence-corrected chi connectivity index (χ4v) is 3.41.